The first-order chi connectivity index (χ1) is 20.5. The van der Waals surface area contributed by atoms with Crippen molar-refractivity contribution in [2.45, 2.75) is 13.8 Å². The molecule has 0 bridgehead atoms. The first-order valence-electron chi connectivity index (χ1n) is 13.4. The van der Waals surface area contributed by atoms with E-state index in [-0.39, 0.29) is 5.75 Å². The zero-order chi connectivity index (χ0) is 29.5. The average Bonchev–Trinajstić information content (AvgIpc) is 3.38. The van der Waals surface area contributed by atoms with Gasteiger partial charge in [0.2, 0.25) is 0 Å². The van der Waals surface area contributed by atoms with Gasteiger partial charge in [0.15, 0.2) is 11.5 Å². The number of rotatable bonds is 10. The molecule has 1 amide bonds. The molecule has 5 aromatic rings. The molecule has 0 fully saturated rings. The van der Waals surface area contributed by atoms with Gasteiger partial charge in [0.1, 0.15) is 11.4 Å². The Morgan fingerprint density at radius 3 is 2.38 bits per heavy atom. The molecule has 1 heterocycles. The molecule has 0 aliphatic heterocycles. The molecule has 5 rings (SSSR count). The van der Waals surface area contributed by atoms with Gasteiger partial charge in [-0.1, -0.05) is 54.1 Å². The second-order valence-electron chi connectivity index (χ2n) is 9.08. The molecule has 0 unspecified atom stereocenters. The van der Waals surface area contributed by atoms with Crippen molar-refractivity contribution in [1.82, 2.24) is 10.4 Å². The average molecular weight is 582 g/mol. The number of fused-ring (bicyclic) bond motifs is 1. The molecular weight excluding hydrogens is 554 g/mol. The third kappa shape index (κ3) is 6.29. The molecule has 0 aliphatic carbocycles. The Morgan fingerprint density at radius 1 is 0.857 bits per heavy atom. The van der Waals surface area contributed by atoms with E-state index < -0.39 is 11.9 Å². The lowest BCUT2D eigenvalue weighted by atomic mass is 10.0. The standard InChI is InChI=1S/C33H28ClN3O5/c1-3-40-28-17-14-22(18-29(28)41-4-2)33(39)42-27-13-9-8-12-23(27)20-35-37-32(38)31-30(21-10-6-5-7-11-21)25-19-24(34)15-16-26(25)36-31/h5-20,36H,3-4H2,1-2H3,(H,37,38). The van der Waals surface area contributed by atoms with E-state index in [1.807, 2.05) is 56.3 Å². The monoisotopic (exact) mass is 581 g/mol. The second kappa shape index (κ2) is 13.1. The maximum absolute atomic E-state index is 13.3. The number of ether oxygens (including phenoxy) is 3. The van der Waals surface area contributed by atoms with Crippen molar-refractivity contribution in [3.8, 4) is 28.4 Å². The lowest BCUT2D eigenvalue weighted by molar-refractivity contribution is 0.0733. The molecule has 0 radical (unpaired) electrons. The van der Waals surface area contributed by atoms with Gasteiger partial charge in [0.25, 0.3) is 5.91 Å². The van der Waals surface area contributed by atoms with Crippen LogP contribution in [0.3, 0.4) is 0 Å². The van der Waals surface area contributed by atoms with Crippen molar-refractivity contribution in [2.75, 3.05) is 13.2 Å². The molecule has 8 nitrogen and oxygen atoms in total. The summed E-state index contributed by atoms with van der Waals surface area (Å²) < 4.78 is 16.9. The second-order valence-corrected chi connectivity index (χ2v) is 9.52. The van der Waals surface area contributed by atoms with Crippen molar-refractivity contribution >= 4 is 40.6 Å². The minimum absolute atomic E-state index is 0.276. The van der Waals surface area contributed by atoms with Gasteiger partial charge in [0.05, 0.1) is 25.0 Å². The van der Waals surface area contributed by atoms with E-state index in [4.69, 9.17) is 25.8 Å². The highest BCUT2D eigenvalue weighted by Gasteiger charge is 2.20. The molecule has 2 N–H and O–H groups in total. The van der Waals surface area contributed by atoms with Crippen molar-refractivity contribution in [3.63, 3.8) is 0 Å². The molecule has 42 heavy (non-hydrogen) atoms. The number of nitrogens with zero attached hydrogens (tertiary/aromatic N) is 1. The fraction of sp³-hybridized carbons (Fsp3) is 0.121. The largest absolute Gasteiger partial charge is 0.490 e. The number of halogens is 1. The fourth-order valence-corrected chi connectivity index (χ4v) is 4.64. The Morgan fingerprint density at radius 2 is 1.60 bits per heavy atom. The molecule has 0 saturated carbocycles. The van der Waals surface area contributed by atoms with Gasteiger partial charge in [0, 0.05) is 27.1 Å². The molecule has 0 atom stereocenters. The Balaban J connectivity index is 1.36. The number of hydrogen-bond donors (Lipinski definition) is 2. The van der Waals surface area contributed by atoms with Crippen molar-refractivity contribution in [3.05, 3.63) is 113 Å². The Labute approximate surface area is 247 Å². The number of para-hydroxylation sites is 1. The van der Waals surface area contributed by atoms with Gasteiger partial charge in [-0.25, -0.2) is 10.2 Å². The molecule has 0 aliphatic rings. The summed E-state index contributed by atoms with van der Waals surface area (Å²) >= 11 is 6.26. The summed E-state index contributed by atoms with van der Waals surface area (Å²) in [6, 6.07) is 26.8. The molecule has 0 spiro atoms. The summed E-state index contributed by atoms with van der Waals surface area (Å²) in [6.07, 6.45) is 1.42. The van der Waals surface area contributed by atoms with Crippen molar-refractivity contribution < 1.29 is 23.8 Å². The number of carbonyl (C=O) groups excluding carboxylic acids is 2. The highest BCUT2D eigenvalue weighted by atomic mass is 35.5. The van der Waals surface area contributed by atoms with Crippen LogP contribution in [0.5, 0.6) is 17.2 Å². The van der Waals surface area contributed by atoms with E-state index in [1.54, 1.807) is 48.5 Å². The fourth-order valence-electron chi connectivity index (χ4n) is 4.47. The minimum Gasteiger partial charge on any atom is -0.490 e. The minimum atomic E-state index is -0.576. The Hall–Kier alpha value is -5.08. The van der Waals surface area contributed by atoms with Gasteiger partial charge in [-0.15, -0.1) is 0 Å². The number of carbonyl (C=O) groups is 2. The van der Waals surface area contributed by atoms with Crippen LogP contribution >= 0.6 is 11.6 Å². The van der Waals surface area contributed by atoms with Gasteiger partial charge in [-0.2, -0.15) is 5.10 Å². The summed E-state index contributed by atoms with van der Waals surface area (Å²) in [6.45, 7) is 4.61. The molecule has 0 saturated heterocycles. The predicted octanol–water partition coefficient (Wildman–Crippen LogP) is 7.27. The summed E-state index contributed by atoms with van der Waals surface area (Å²) in [5.74, 6) is 0.267. The number of esters is 1. The number of aromatic amines is 1. The lowest BCUT2D eigenvalue weighted by Crippen LogP contribution is -2.19. The maximum Gasteiger partial charge on any atom is 0.343 e. The van der Waals surface area contributed by atoms with E-state index in [1.165, 1.54) is 6.21 Å². The van der Waals surface area contributed by atoms with E-state index in [0.29, 0.717) is 46.6 Å². The van der Waals surface area contributed by atoms with Crippen LogP contribution in [0.2, 0.25) is 5.02 Å². The van der Waals surface area contributed by atoms with Crippen molar-refractivity contribution in [1.29, 1.82) is 0 Å². The molecular formula is C33H28ClN3O5. The number of aromatic nitrogens is 1. The number of benzene rings is 4. The zero-order valence-corrected chi connectivity index (χ0v) is 23.8. The Kier molecular flexibility index (Phi) is 8.84. The topological polar surface area (TPSA) is 102 Å². The van der Waals surface area contributed by atoms with E-state index in [9.17, 15) is 9.59 Å². The van der Waals surface area contributed by atoms with Crippen LogP contribution in [-0.2, 0) is 0 Å². The van der Waals surface area contributed by atoms with E-state index in [0.717, 1.165) is 22.0 Å². The van der Waals surface area contributed by atoms with Crippen LogP contribution < -0.4 is 19.6 Å². The SMILES string of the molecule is CCOc1ccc(C(=O)Oc2ccccc2C=NNC(=O)c2[nH]c3ccc(Cl)cc3c2-c2ccccc2)cc1OCC. The number of amides is 1. The Bertz CT molecular complexity index is 1760. The van der Waals surface area contributed by atoms with Crippen LogP contribution in [0, 0.1) is 0 Å². The van der Waals surface area contributed by atoms with Crippen LogP contribution in [0.25, 0.3) is 22.0 Å². The van der Waals surface area contributed by atoms with Gasteiger partial charge >= 0.3 is 5.97 Å². The molecule has 212 valence electrons. The third-order valence-electron chi connectivity index (χ3n) is 6.32. The smallest absolute Gasteiger partial charge is 0.343 e. The molecule has 4 aromatic carbocycles. The summed E-state index contributed by atoms with van der Waals surface area (Å²) in [5, 5.41) is 5.54. The predicted molar refractivity (Wildman–Crippen MR) is 164 cm³/mol. The number of hydrazone groups is 1. The summed E-state index contributed by atoms with van der Waals surface area (Å²) in [4.78, 5) is 29.5. The lowest BCUT2D eigenvalue weighted by Gasteiger charge is -2.12. The third-order valence-corrected chi connectivity index (χ3v) is 6.56. The number of hydrogen-bond acceptors (Lipinski definition) is 6. The van der Waals surface area contributed by atoms with Gasteiger partial charge in [-0.05, 0) is 67.9 Å². The van der Waals surface area contributed by atoms with Crippen LogP contribution in [-0.4, -0.2) is 36.3 Å². The van der Waals surface area contributed by atoms with Crippen LogP contribution in [0.1, 0.15) is 40.3 Å². The first kappa shape index (κ1) is 28.4. The molecule has 9 heteroatoms. The first-order valence-corrected chi connectivity index (χ1v) is 13.8. The number of H-pyrrole nitrogens is 1. The van der Waals surface area contributed by atoms with Gasteiger partial charge < -0.3 is 19.2 Å². The van der Waals surface area contributed by atoms with E-state index >= 15 is 0 Å². The highest BCUT2D eigenvalue weighted by molar-refractivity contribution is 6.31. The highest BCUT2D eigenvalue weighted by Crippen LogP contribution is 2.34. The normalized spacial score (nSPS) is 11.0. The summed E-state index contributed by atoms with van der Waals surface area (Å²) in [7, 11) is 0. The quantitative estimate of drug-likeness (QED) is 0.0781. The molecule has 1 aromatic heterocycles. The van der Waals surface area contributed by atoms with Gasteiger partial charge in [-0.3, -0.25) is 4.79 Å². The van der Waals surface area contributed by atoms with Crippen LogP contribution in [0.15, 0.2) is 96.1 Å². The number of nitrogens with one attached hydrogen (secondary N) is 2. The maximum atomic E-state index is 13.3. The van der Waals surface area contributed by atoms with Crippen LogP contribution in [0.4, 0.5) is 0 Å². The zero-order valence-electron chi connectivity index (χ0n) is 23.0. The van der Waals surface area contributed by atoms with E-state index in [2.05, 4.69) is 15.5 Å². The van der Waals surface area contributed by atoms with Crippen molar-refractivity contribution in [2.24, 2.45) is 5.10 Å². The summed E-state index contributed by atoms with van der Waals surface area (Å²) in [5.41, 5.74) is 6.07.